The van der Waals surface area contributed by atoms with Crippen LogP contribution in [0.25, 0.3) is 6.08 Å². The Morgan fingerprint density at radius 1 is 1.04 bits per heavy atom. The van der Waals surface area contributed by atoms with Crippen LogP contribution in [-0.4, -0.2) is 85.5 Å². The molecule has 3 rings (SSSR count). The summed E-state index contributed by atoms with van der Waals surface area (Å²) in [5, 5.41) is 0. The molecule has 2 heterocycles. The molecule has 2 aliphatic rings. The second-order valence-corrected chi connectivity index (χ2v) is 6.84. The average Bonchev–Trinajstić information content (AvgIpc) is 2.67. The molecule has 6 heteroatoms. The second kappa shape index (κ2) is 8.96. The lowest BCUT2D eigenvalue weighted by Crippen LogP contribution is -2.53. The number of hydrogen-bond donors (Lipinski definition) is 0. The largest absolute Gasteiger partial charge is 0.379 e. The summed E-state index contributed by atoms with van der Waals surface area (Å²) >= 11 is 0. The van der Waals surface area contributed by atoms with Gasteiger partial charge in [0.15, 0.2) is 0 Å². The number of rotatable bonds is 4. The van der Waals surface area contributed by atoms with E-state index in [1.165, 1.54) is 5.56 Å². The Morgan fingerprint density at radius 2 is 1.73 bits per heavy atom. The van der Waals surface area contributed by atoms with Crippen molar-refractivity contribution in [2.45, 2.75) is 6.92 Å². The van der Waals surface area contributed by atoms with Gasteiger partial charge < -0.3 is 14.5 Å². The third kappa shape index (κ3) is 5.16. The average molecular weight is 357 g/mol. The Balaban J connectivity index is 1.45. The Bertz CT molecular complexity index is 660. The number of aryl methyl sites for hydroxylation is 1. The van der Waals surface area contributed by atoms with Crippen molar-refractivity contribution >= 4 is 17.9 Å². The lowest BCUT2D eigenvalue weighted by atomic mass is 10.1. The molecule has 2 saturated heterocycles. The molecule has 2 fully saturated rings. The molecule has 0 N–H and O–H groups in total. The highest BCUT2D eigenvalue weighted by Crippen LogP contribution is 2.08. The van der Waals surface area contributed by atoms with E-state index in [4.69, 9.17) is 4.74 Å². The quantitative estimate of drug-likeness (QED) is 0.755. The molecule has 2 aliphatic heterocycles. The molecule has 140 valence electrons. The zero-order valence-corrected chi connectivity index (χ0v) is 15.4. The van der Waals surface area contributed by atoms with Gasteiger partial charge in [-0.15, -0.1) is 0 Å². The van der Waals surface area contributed by atoms with Crippen LogP contribution in [-0.2, 0) is 14.3 Å². The fraction of sp³-hybridized carbons (Fsp3) is 0.500. The predicted octanol–water partition coefficient (Wildman–Crippen LogP) is 1.01. The number of piperazine rings is 1. The molecule has 0 spiro atoms. The molecule has 0 aliphatic carbocycles. The minimum Gasteiger partial charge on any atom is -0.379 e. The number of nitrogens with zero attached hydrogens (tertiary/aromatic N) is 3. The van der Waals surface area contributed by atoms with E-state index in [9.17, 15) is 9.59 Å². The lowest BCUT2D eigenvalue weighted by molar-refractivity contribution is -0.138. The summed E-state index contributed by atoms with van der Waals surface area (Å²) in [6.07, 6.45) is 3.48. The number of carbonyl (C=O) groups excluding carboxylic acids is 2. The van der Waals surface area contributed by atoms with Crippen LogP contribution in [0.1, 0.15) is 11.1 Å². The maximum absolute atomic E-state index is 12.4. The van der Waals surface area contributed by atoms with Crippen LogP contribution in [0.5, 0.6) is 0 Å². The number of carbonyl (C=O) groups is 2. The van der Waals surface area contributed by atoms with Crippen LogP contribution < -0.4 is 0 Å². The van der Waals surface area contributed by atoms with Crippen LogP contribution in [0, 0.1) is 6.92 Å². The smallest absolute Gasteiger partial charge is 0.246 e. The highest BCUT2D eigenvalue weighted by atomic mass is 16.5. The van der Waals surface area contributed by atoms with E-state index >= 15 is 0 Å². The SMILES string of the molecule is Cc1cccc(/C=C/C(=O)N2CCN(C(=O)CN3CCOCC3)CC2)c1. The van der Waals surface area contributed by atoms with Crippen molar-refractivity contribution in [1.29, 1.82) is 0 Å². The van der Waals surface area contributed by atoms with Crippen molar-refractivity contribution in [2.24, 2.45) is 0 Å². The van der Waals surface area contributed by atoms with Gasteiger partial charge in [0.05, 0.1) is 19.8 Å². The first-order chi connectivity index (χ1) is 12.6. The van der Waals surface area contributed by atoms with Crippen LogP contribution in [0.4, 0.5) is 0 Å². The molecule has 1 aromatic carbocycles. The van der Waals surface area contributed by atoms with Crippen LogP contribution in [0.3, 0.4) is 0 Å². The molecule has 6 nitrogen and oxygen atoms in total. The van der Waals surface area contributed by atoms with Gasteiger partial charge in [-0.1, -0.05) is 29.8 Å². The lowest BCUT2D eigenvalue weighted by Gasteiger charge is -2.36. The zero-order valence-electron chi connectivity index (χ0n) is 15.4. The molecule has 0 radical (unpaired) electrons. The van der Waals surface area contributed by atoms with Gasteiger partial charge in [0.25, 0.3) is 0 Å². The first-order valence-electron chi connectivity index (χ1n) is 9.23. The minimum absolute atomic E-state index is 0.00628. The topological polar surface area (TPSA) is 53.1 Å². The number of morpholine rings is 1. The molecular weight excluding hydrogens is 330 g/mol. The van der Waals surface area contributed by atoms with E-state index < -0.39 is 0 Å². The number of amides is 2. The van der Waals surface area contributed by atoms with Gasteiger partial charge in [-0.25, -0.2) is 0 Å². The monoisotopic (exact) mass is 357 g/mol. The molecule has 26 heavy (non-hydrogen) atoms. The van der Waals surface area contributed by atoms with E-state index in [0.717, 1.165) is 18.7 Å². The van der Waals surface area contributed by atoms with Crippen molar-refractivity contribution in [2.75, 3.05) is 59.0 Å². The fourth-order valence-corrected chi connectivity index (χ4v) is 3.27. The minimum atomic E-state index is 0.00628. The van der Waals surface area contributed by atoms with Gasteiger partial charge in [-0.3, -0.25) is 14.5 Å². The van der Waals surface area contributed by atoms with E-state index in [1.54, 1.807) is 6.08 Å². The van der Waals surface area contributed by atoms with Gasteiger partial charge in [0.2, 0.25) is 11.8 Å². The highest BCUT2D eigenvalue weighted by Gasteiger charge is 2.24. The first-order valence-corrected chi connectivity index (χ1v) is 9.23. The zero-order chi connectivity index (χ0) is 18.4. The summed E-state index contributed by atoms with van der Waals surface area (Å²) in [6.45, 7) is 7.89. The Kier molecular flexibility index (Phi) is 6.41. The summed E-state index contributed by atoms with van der Waals surface area (Å²) in [5.41, 5.74) is 2.20. The van der Waals surface area contributed by atoms with Gasteiger partial charge in [0.1, 0.15) is 0 Å². The molecule has 0 atom stereocenters. The van der Waals surface area contributed by atoms with Gasteiger partial charge >= 0.3 is 0 Å². The van der Waals surface area contributed by atoms with Crippen molar-refractivity contribution in [3.63, 3.8) is 0 Å². The normalized spacial score (nSPS) is 19.1. The Hall–Kier alpha value is -2.18. The second-order valence-electron chi connectivity index (χ2n) is 6.84. The van der Waals surface area contributed by atoms with E-state index in [1.807, 2.05) is 47.1 Å². The van der Waals surface area contributed by atoms with Crippen molar-refractivity contribution < 1.29 is 14.3 Å². The molecule has 0 bridgehead atoms. The summed E-state index contributed by atoms with van der Waals surface area (Å²) < 4.78 is 5.31. The molecule has 2 amide bonds. The van der Waals surface area contributed by atoms with Gasteiger partial charge in [0, 0.05) is 45.3 Å². The summed E-state index contributed by atoms with van der Waals surface area (Å²) in [7, 11) is 0. The highest BCUT2D eigenvalue weighted by molar-refractivity contribution is 5.92. The molecule has 0 aromatic heterocycles. The number of benzene rings is 1. The van der Waals surface area contributed by atoms with E-state index in [2.05, 4.69) is 4.90 Å². The van der Waals surface area contributed by atoms with Gasteiger partial charge in [-0.05, 0) is 18.6 Å². The Morgan fingerprint density at radius 3 is 2.42 bits per heavy atom. The fourth-order valence-electron chi connectivity index (χ4n) is 3.27. The van der Waals surface area contributed by atoms with Crippen LogP contribution >= 0.6 is 0 Å². The third-order valence-electron chi connectivity index (χ3n) is 4.87. The molecule has 0 unspecified atom stereocenters. The van der Waals surface area contributed by atoms with Crippen LogP contribution in [0.2, 0.25) is 0 Å². The first kappa shape index (κ1) is 18.6. The number of hydrogen-bond acceptors (Lipinski definition) is 4. The van der Waals surface area contributed by atoms with Crippen molar-refractivity contribution in [3.05, 3.63) is 41.5 Å². The summed E-state index contributed by atoms with van der Waals surface area (Å²) in [4.78, 5) is 30.6. The Labute approximate surface area is 155 Å². The molecule has 1 aromatic rings. The van der Waals surface area contributed by atoms with E-state index in [-0.39, 0.29) is 11.8 Å². The summed E-state index contributed by atoms with van der Waals surface area (Å²) in [5.74, 6) is 0.154. The van der Waals surface area contributed by atoms with Crippen molar-refractivity contribution in [1.82, 2.24) is 14.7 Å². The number of ether oxygens (including phenoxy) is 1. The molecular formula is C20H27N3O3. The summed E-state index contributed by atoms with van der Waals surface area (Å²) in [6, 6.07) is 8.05. The molecule has 0 saturated carbocycles. The standard InChI is InChI=1S/C20H27N3O3/c1-17-3-2-4-18(15-17)5-6-19(24)22-7-9-23(10-8-22)20(25)16-21-11-13-26-14-12-21/h2-6,15H,7-14,16H2,1H3/b6-5+. The predicted molar refractivity (Wildman–Crippen MR) is 101 cm³/mol. The van der Waals surface area contributed by atoms with Crippen molar-refractivity contribution in [3.8, 4) is 0 Å². The maximum atomic E-state index is 12.4. The van der Waals surface area contributed by atoms with E-state index in [0.29, 0.717) is 45.9 Å². The third-order valence-corrected chi connectivity index (χ3v) is 4.87. The van der Waals surface area contributed by atoms with Crippen LogP contribution in [0.15, 0.2) is 30.3 Å². The maximum Gasteiger partial charge on any atom is 0.246 e. The van der Waals surface area contributed by atoms with Gasteiger partial charge in [-0.2, -0.15) is 0 Å².